The maximum absolute atomic E-state index is 12.9. The van der Waals surface area contributed by atoms with Gasteiger partial charge in [-0.3, -0.25) is 9.69 Å². The molecule has 0 saturated carbocycles. The first-order valence-corrected chi connectivity index (χ1v) is 9.95. The molecule has 30 heavy (non-hydrogen) atoms. The van der Waals surface area contributed by atoms with Gasteiger partial charge in [0.2, 0.25) is 0 Å². The van der Waals surface area contributed by atoms with Crippen LogP contribution in [0.2, 0.25) is 0 Å². The van der Waals surface area contributed by atoms with Gasteiger partial charge in [-0.15, -0.1) is 0 Å². The number of anilines is 2. The van der Waals surface area contributed by atoms with Gasteiger partial charge in [0.1, 0.15) is 5.75 Å². The summed E-state index contributed by atoms with van der Waals surface area (Å²) in [7, 11) is 0. The van der Waals surface area contributed by atoms with Crippen molar-refractivity contribution < 1.29 is 19.1 Å². The molecule has 3 aromatic carbocycles. The predicted octanol–water partition coefficient (Wildman–Crippen LogP) is 4.31. The summed E-state index contributed by atoms with van der Waals surface area (Å²) in [4.78, 5) is 28.5. The van der Waals surface area contributed by atoms with E-state index in [2.05, 4.69) is 0 Å². The molecule has 0 radical (unpaired) electrons. The molecule has 0 unspecified atom stereocenters. The molecule has 0 atom stereocenters. The molecule has 0 aliphatic carbocycles. The number of hydrogen-bond acceptors (Lipinski definition) is 6. The Morgan fingerprint density at radius 1 is 0.867 bits per heavy atom. The van der Waals surface area contributed by atoms with E-state index in [0.29, 0.717) is 11.3 Å². The Kier molecular flexibility index (Phi) is 5.68. The quantitative estimate of drug-likeness (QED) is 0.577. The van der Waals surface area contributed by atoms with E-state index in [9.17, 15) is 9.59 Å². The molecule has 1 amide bonds. The molecule has 7 heteroatoms. The second kappa shape index (κ2) is 8.72. The summed E-state index contributed by atoms with van der Waals surface area (Å²) in [6, 6.07) is 23.6. The zero-order valence-corrected chi connectivity index (χ0v) is 16.6. The van der Waals surface area contributed by atoms with Gasteiger partial charge in [-0.25, -0.2) is 4.79 Å². The summed E-state index contributed by atoms with van der Waals surface area (Å²) in [6.45, 7) is -0.731. The van der Waals surface area contributed by atoms with Gasteiger partial charge >= 0.3 is 5.97 Å². The molecule has 148 valence electrons. The standard InChI is InChI=1S/C23H16N2O4S/c24-13-16-9-11-17(12-10-16)28-15-23(27)29-14-22(26)25-18-5-1-3-7-20(18)30-21-8-4-2-6-19(21)25/h1-12H,14-15H2. The predicted molar refractivity (Wildman–Crippen MR) is 112 cm³/mol. The first-order chi connectivity index (χ1) is 14.7. The summed E-state index contributed by atoms with van der Waals surface area (Å²) in [5.74, 6) is -0.559. The van der Waals surface area contributed by atoms with Crippen LogP contribution in [0.15, 0.2) is 82.6 Å². The van der Waals surface area contributed by atoms with E-state index in [1.165, 1.54) is 0 Å². The molecule has 4 rings (SSSR count). The number of carbonyl (C=O) groups excluding carboxylic acids is 2. The lowest BCUT2D eigenvalue weighted by atomic mass is 10.2. The maximum Gasteiger partial charge on any atom is 0.344 e. The highest BCUT2D eigenvalue weighted by Gasteiger charge is 2.28. The van der Waals surface area contributed by atoms with Gasteiger partial charge in [-0.05, 0) is 48.5 Å². The molecule has 0 saturated heterocycles. The third kappa shape index (κ3) is 4.14. The van der Waals surface area contributed by atoms with Gasteiger partial charge in [0.15, 0.2) is 13.2 Å². The van der Waals surface area contributed by atoms with Crippen molar-refractivity contribution in [2.24, 2.45) is 0 Å². The van der Waals surface area contributed by atoms with Crippen LogP contribution in [-0.2, 0) is 14.3 Å². The summed E-state index contributed by atoms with van der Waals surface area (Å²) in [6.07, 6.45) is 0. The third-order valence-electron chi connectivity index (χ3n) is 4.38. The van der Waals surface area contributed by atoms with Gasteiger partial charge in [0.25, 0.3) is 5.91 Å². The van der Waals surface area contributed by atoms with E-state index >= 15 is 0 Å². The lowest BCUT2D eigenvalue weighted by molar-refractivity contribution is -0.149. The second-order valence-electron chi connectivity index (χ2n) is 6.35. The minimum Gasteiger partial charge on any atom is -0.482 e. The zero-order chi connectivity index (χ0) is 20.9. The molecule has 1 aliphatic rings. The summed E-state index contributed by atoms with van der Waals surface area (Å²) < 4.78 is 10.5. The number of amides is 1. The largest absolute Gasteiger partial charge is 0.482 e. The number of hydrogen-bond donors (Lipinski definition) is 0. The fourth-order valence-electron chi connectivity index (χ4n) is 2.99. The van der Waals surface area contributed by atoms with E-state index in [1.54, 1.807) is 40.9 Å². The van der Waals surface area contributed by atoms with E-state index in [-0.39, 0.29) is 12.5 Å². The van der Waals surface area contributed by atoms with E-state index in [1.807, 2.05) is 54.6 Å². The zero-order valence-electron chi connectivity index (χ0n) is 15.8. The van der Waals surface area contributed by atoms with Crippen molar-refractivity contribution in [1.82, 2.24) is 0 Å². The van der Waals surface area contributed by atoms with Crippen LogP contribution >= 0.6 is 11.8 Å². The topological polar surface area (TPSA) is 79.6 Å². The number of esters is 1. The lowest BCUT2D eigenvalue weighted by Crippen LogP contribution is -2.33. The minimum atomic E-state index is -0.652. The number of para-hydroxylation sites is 2. The molecular weight excluding hydrogens is 400 g/mol. The van der Waals surface area contributed by atoms with Crippen LogP contribution in [0.4, 0.5) is 11.4 Å². The van der Waals surface area contributed by atoms with Crippen molar-refractivity contribution in [3.8, 4) is 11.8 Å². The average molecular weight is 416 g/mol. The van der Waals surface area contributed by atoms with Crippen molar-refractivity contribution in [2.45, 2.75) is 9.79 Å². The summed E-state index contributed by atoms with van der Waals surface area (Å²) >= 11 is 1.59. The van der Waals surface area contributed by atoms with Crippen LogP contribution in [-0.4, -0.2) is 25.1 Å². The molecule has 0 aromatic heterocycles. The minimum absolute atomic E-state index is 0.331. The van der Waals surface area contributed by atoms with Gasteiger partial charge in [-0.1, -0.05) is 36.0 Å². The number of rotatable bonds is 5. The van der Waals surface area contributed by atoms with Crippen LogP contribution in [0.1, 0.15) is 5.56 Å². The SMILES string of the molecule is N#Cc1ccc(OCC(=O)OCC(=O)N2c3ccccc3Sc3ccccc32)cc1. The Morgan fingerprint density at radius 3 is 2.07 bits per heavy atom. The number of fused-ring (bicyclic) bond motifs is 2. The maximum atomic E-state index is 12.9. The molecule has 1 heterocycles. The highest BCUT2D eigenvalue weighted by molar-refractivity contribution is 7.99. The van der Waals surface area contributed by atoms with Crippen LogP contribution in [0.3, 0.4) is 0 Å². The smallest absolute Gasteiger partial charge is 0.344 e. The van der Waals surface area contributed by atoms with Gasteiger partial charge < -0.3 is 9.47 Å². The van der Waals surface area contributed by atoms with E-state index < -0.39 is 12.6 Å². The Morgan fingerprint density at radius 2 is 1.47 bits per heavy atom. The average Bonchev–Trinajstić information content (AvgIpc) is 2.79. The molecule has 6 nitrogen and oxygen atoms in total. The normalized spacial score (nSPS) is 11.6. The highest BCUT2D eigenvalue weighted by Crippen LogP contribution is 2.47. The third-order valence-corrected chi connectivity index (χ3v) is 5.51. The molecule has 3 aromatic rings. The van der Waals surface area contributed by atoms with Crippen LogP contribution in [0.25, 0.3) is 0 Å². The molecule has 1 aliphatic heterocycles. The first-order valence-electron chi connectivity index (χ1n) is 9.13. The van der Waals surface area contributed by atoms with E-state index in [4.69, 9.17) is 14.7 Å². The van der Waals surface area contributed by atoms with E-state index in [0.717, 1.165) is 21.2 Å². The Balaban J connectivity index is 1.40. The Bertz CT molecular complexity index is 1090. The van der Waals surface area contributed by atoms with Crippen molar-refractivity contribution >= 4 is 35.0 Å². The molecule has 0 spiro atoms. The number of nitriles is 1. The first kappa shape index (κ1) is 19.6. The van der Waals surface area contributed by atoms with Crippen LogP contribution in [0.5, 0.6) is 5.75 Å². The van der Waals surface area contributed by atoms with Gasteiger partial charge in [0.05, 0.1) is 23.0 Å². The van der Waals surface area contributed by atoms with Crippen LogP contribution in [0, 0.1) is 11.3 Å². The lowest BCUT2D eigenvalue weighted by Gasteiger charge is -2.30. The summed E-state index contributed by atoms with van der Waals surface area (Å²) in [5.41, 5.74) is 2.02. The number of nitrogens with zero attached hydrogens (tertiary/aromatic N) is 2. The Hall–Kier alpha value is -3.76. The second-order valence-corrected chi connectivity index (χ2v) is 7.44. The summed E-state index contributed by atoms with van der Waals surface area (Å²) in [5, 5.41) is 8.80. The molecule has 0 fully saturated rings. The number of carbonyl (C=O) groups is 2. The molecular formula is C23H16N2O4S. The molecule has 0 bridgehead atoms. The van der Waals surface area contributed by atoms with Gasteiger partial charge in [0, 0.05) is 9.79 Å². The van der Waals surface area contributed by atoms with Crippen molar-refractivity contribution in [1.29, 1.82) is 5.26 Å². The number of ether oxygens (including phenoxy) is 2. The van der Waals surface area contributed by atoms with Gasteiger partial charge in [-0.2, -0.15) is 5.26 Å². The molecule has 0 N–H and O–H groups in total. The fourth-order valence-corrected chi connectivity index (χ4v) is 4.05. The highest BCUT2D eigenvalue weighted by atomic mass is 32.2. The van der Waals surface area contributed by atoms with Crippen LogP contribution < -0.4 is 9.64 Å². The monoisotopic (exact) mass is 416 g/mol. The van der Waals surface area contributed by atoms with Crippen molar-refractivity contribution in [3.63, 3.8) is 0 Å². The Labute approximate surface area is 177 Å². The number of benzene rings is 3. The fraction of sp³-hybridized carbons (Fsp3) is 0.0870. The van der Waals surface area contributed by atoms with Crippen molar-refractivity contribution in [3.05, 3.63) is 78.4 Å². The van der Waals surface area contributed by atoms with Crippen molar-refractivity contribution in [2.75, 3.05) is 18.1 Å².